The molecule has 10 rings (SSSR count). The molecule has 0 aliphatic rings. The van der Waals surface area contributed by atoms with Crippen LogP contribution in [0.4, 0.5) is 5.69 Å². The molecule has 0 aliphatic carbocycles. The molecule has 0 unspecified atom stereocenters. The van der Waals surface area contributed by atoms with E-state index in [2.05, 4.69) is 53.4 Å². The zero-order chi connectivity index (χ0) is 43.2. The highest BCUT2D eigenvalue weighted by atomic mass is 16.7. The number of nitrogens with zero attached hydrogens (tertiary/aromatic N) is 6. The number of nitriles is 2. The molecule has 10 aromatic rings. The van der Waals surface area contributed by atoms with Crippen molar-refractivity contribution in [2.75, 3.05) is 21.3 Å². The fourth-order valence-electron chi connectivity index (χ4n) is 8.95. The Morgan fingerprint density at radius 3 is 1.06 bits per heavy atom. The second-order valence-corrected chi connectivity index (χ2v) is 15.0. The van der Waals surface area contributed by atoms with Crippen molar-refractivity contribution in [1.29, 1.82) is 10.5 Å². The highest BCUT2D eigenvalue weighted by molar-refractivity contribution is 6.11. The maximum absolute atomic E-state index is 10.9. The van der Waals surface area contributed by atoms with Crippen LogP contribution in [0.15, 0.2) is 127 Å². The smallest absolute Gasteiger partial charge is 0.204 e. The van der Waals surface area contributed by atoms with Gasteiger partial charge in [0.05, 0.1) is 62.9 Å². The van der Waals surface area contributed by atoms with E-state index in [1.165, 1.54) is 0 Å². The Balaban J connectivity index is 1.15. The Morgan fingerprint density at radius 2 is 0.746 bits per heavy atom. The molecule has 9 nitrogen and oxygen atoms in total. The van der Waals surface area contributed by atoms with Gasteiger partial charge in [0.15, 0.2) is 0 Å². The monoisotopic (exact) mass is 816 g/mol. The molecule has 0 fully saturated rings. The van der Waals surface area contributed by atoms with Gasteiger partial charge < -0.3 is 14.5 Å². The second kappa shape index (κ2) is 15.6. The summed E-state index contributed by atoms with van der Waals surface area (Å²) in [6, 6.07) is 47.1. The summed E-state index contributed by atoms with van der Waals surface area (Å²) in [6.45, 7) is 8.52. The fraction of sp³-hybridized carbons (Fsp3) is 0.0556. The molecule has 0 saturated heterocycles. The summed E-state index contributed by atoms with van der Waals surface area (Å²) in [5.74, 6) is 0. The van der Waals surface area contributed by atoms with Crippen LogP contribution in [-0.2, 0) is 0 Å². The number of rotatable bonds is 9. The van der Waals surface area contributed by atoms with E-state index in [0.29, 0.717) is 16.7 Å². The van der Waals surface area contributed by atoms with Gasteiger partial charge in [-0.2, -0.15) is 24.7 Å². The number of fused-ring (bicyclic) bond motifs is 9. The average Bonchev–Trinajstić information content (AvgIpc) is 3.95. The third-order valence-electron chi connectivity index (χ3n) is 11.8. The lowest BCUT2D eigenvalue weighted by Crippen LogP contribution is -2.04. The van der Waals surface area contributed by atoms with Crippen LogP contribution in [0.1, 0.15) is 44.5 Å². The summed E-state index contributed by atoms with van der Waals surface area (Å²) < 4.78 is 5.42. The van der Waals surface area contributed by atoms with E-state index in [0.717, 1.165) is 82.1 Å². The third-order valence-corrected chi connectivity index (χ3v) is 11.8. The van der Waals surface area contributed by atoms with E-state index >= 15 is 0 Å². The van der Waals surface area contributed by atoms with Gasteiger partial charge in [-0.05, 0) is 82.4 Å². The van der Waals surface area contributed by atoms with Crippen molar-refractivity contribution in [3.63, 3.8) is 0 Å². The molecule has 0 saturated carbocycles. The second-order valence-electron chi connectivity index (χ2n) is 15.0. The van der Waals surface area contributed by atoms with Crippen LogP contribution < -0.4 is 14.5 Å². The lowest BCUT2D eigenvalue weighted by molar-refractivity contribution is 0.190. The van der Waals surface area contributed by atoms with Gasteiger partial charge in [-0.1, -0.05) is 109 Å². The lowest BCUT2D eigenvalue weighted by atomic mass is 9.88. The van der Waals surface area contributed by atoms with Crippen molar-refractivity contribution in [3.8, 4) is 12.1 Å². The van der Waals surface area contributed by atoms with Crippen molar-refractivity contribution < 1.29 is 14.5 Å². The molecule has 7 aromatic carbocycles. The minimum atomic E-state index is 0.204. The maximum Gasteiger partial charge on any atom is 0.204 e. The first-order chi connectivity index (χ1) is 31.0. The van der Waals surface area contributed by atoms with Gasteiger partial charge in [0.1, 0.15) is 21.3 Å². The molecule has 9 heteroatoms. The summed E-state index contributed by atoms with van der Waals surface area (Å²) in [7, 11) is 4.94. The van der Waals surface area contributed by atoms with Gasteiger partial charge in [0, 0.05) is 37.9 Å². The Hall–Kier alpha value is -8.97. The molecule has 300 valence electrons. The van der Waals surface area contributed by atoms with E-state index in [-0.39, 0.29) is 16.8 Å². The minimum absolute atomic E-state index is 0.204. The first-order valence-electron chi connectivity index (χ1n) is 20.2. The van der Waals surface area contributed by atoms with Gasteiger partial charge >= 0.3 is 0 Å². The topological polar surface area (TPSA) is 94.4 Å². The van der Waals surface area contributed by atoms with Crippen LogP contribution in [0.2, 0.25) is 0 Å². The zero-order valence-corrected chi connectivity index (χ0v) is 34.5. The molecule has 0 spiro atoms. The normalized spacial score (nSPS) is 11.8. The standard InChI is InChI=1S/C54H36N6O3/c1-57-54-41(24-18-35-21-27-52-44(30-35)39-12-6-9-15-49(39)59(52)62-3)46(32-55)37(23-17-34-20-26-51-43(29-34)38-11-5-8-14-48(38)58(51)61-2)47(33-56)42(54)25-19-36-22-28-53-45(31-36)40-13-7-10-16-50(40)60(53)63-4/h5-31H,2-4H3/b23-17+,24-18+,25-19+. The van der Waals surface area contributed by atoms with Crippen LogP contribution in [-0.4, -0.2) is 35.5 Å². The van der Waals surface area contributed by atoms with E-state index in [1.54, 1.807) is 26.1 Å². The third kappa shape index (κ3) is 6.14. The molecule has 0 amide bonds. The van der Waals surface area contributed by atoms with E-state index in [4.69, 9.17) is 21.1 Å². The zero-order valence-electron chi connectivity index (χ0n) is 34.5. The van der Waals surface area contributed by atoms with Crippen molar-refractivity contribution in [2.24, 2.45) is 0 Å². The van der Waals surface area contributed by atoms with Crippen molar-refractivity contribution >= 4 is 108 Å². The van der Waals surface area contributed by atoms with Crippen molar-refractivity contribution in [2.45, 2.75) is 0 Å². The Kier molecular flexibility index (Phi) is 9.45. The molecule has 0 radical (unpaired) electrons. The summed E-state index contributed by atoms with van der Waals surface area (Å²) >= 11 is 0. The summed E-state index contributed by atoms with van der Waals surface area (Å²) in [5.41, 5.74) is 10.1. The number of aromatic nitrogens is 3. The number of hydrogen-bond acceptors (Lipinski definition) is 5. The maximum atomic E-state index is 10.9. The highest BCUT2D eigenvalue weighted by Gasteiger charge is 2.22. The SMILES string of the molecule is [C-]#[N+]c1c(/C=C/c2ccc3c(c2)c2ccccc2n3OC)c(C#N)c(/C=C/c2ccc3c(c2)c2ccccc2n3OC)c(C#N)c1/C=C/c1ccc2c(c1)c1ccccc1n2OC. The number of benzene rings is 7. The van der Waals surface area contributed by atoms with Gasteiger partial charge in [0.2, 0.25) is 5.69 Å². The molecule has 0 bridgehead atoms. The van der Waals surface area contributed by atoms with E-state index < -0.39 is 0 Å². The van der Waals surface area contributed by atoms with Crippen LogP contribution >= 0.6 is 0 Å². The first kappa shape index (κ1) is 38.2. The predicted octanol–water partition coefficient (Wildman–Crippen LogP) is 12.0. The minimum Gasteiger partial charge on any atom is -0.417 e. The molecular weight excluding hydrogens is 781 g/mol. The quantitative estimate of drug-likeness (QED) is 0.107. The van der Waals surface area contributed by atoms with Crippen molar-refractivity contribution in [1.82, 2.24) is 14.2 Å². The van der Waals surface area contributed by atoms with Gasteiger partial charge in [-0.15, -0.1) is 0 Å². The summed E-state index contributed by atoms with van der Waals surface area (Å²) in [4.78, 5) is 21.2. The van der Waals surface area contributed by atoms with Crippen LogP contribution in [0.25, 0.3) is 107 Å². The van der Waals surface area contributed by atoms with Gasteiger partial charge in [-0.25, -0.2) is 4.85 Å². The van der Waals surface area contributed by atoms with Gasteiger partial charge in [-0.3, -0.25) is 0 Å². The number of para-hydroxylation sites is 3. The molecule has 63 heavy (non-hydrogen) atoms. The molecule has 3 aromatic heterocycles. The predicted molar refractivity (Wildman–Crippen MR) is 255 cm³/mol. The van der Waals surface area contributed by atoms with Crippen LogP contribution in [0.5, 0.6) is 0 Å². The number of hydrogen-bond donors (Lipinski definition) is 0. The molecule has 0 atom stereocenters. The summed E-state index contributed by atoms with van der Waals surface area (Å²) in [5, 5.41) is 28.0. The summed E-state index contributed by atoms with van der Waals surface area (Å²) in [6.07, 6.45) is 11.2. The fourth-order valence-corrected chi connectivity index (χ4v) is 8.95. The highest BCUT2D eigenvalue weighted by Crippen LogP contribution is 2.39. The Morgan fingerprint density at radius 1 is 0.429 bits per heavy atom. The Labute approximate surface area is 362 Å². The van der Waals surface area contributed by atoms with Gasteiger partial charge in [0.25, 0.3) is 0 Å². The lowest BCUT2D eigenvalue weighted by Gasteiger charge is -2.13. The molecular formula is C54H36N6O3. The van der Waals surface area contributed by atoms with E-state index in [1.807, 2.05) is 137 Å². The van der Waals surface area contributed by atoms with Crippen molar-refractivity contribution in [3.05, 3.63) is 183 Å². The average molecular weight is 817 g/mol. The van der Waals surface area contributed by atoms with E-state index in [9.17, 15) is 10.5 Å². The van der Waals surface area contributed by atoms with Crippen LogP contribution in [0.3, 0.4) is 0 Å². The molecule has 3 heterocycles. The molecule has 0 N–H and O–H groups in total. The Bertz CT molecular complexity index is 3330. The van der Waals surface area contributed by atoms with Crippen LogP contribution in [0, 0.1) is 29.2 Å². The largest absolute Gasteiger partial charge is 0.417 e. The first-order valence-corrected chi connectivity index (χ1v) is 20.2. The molecule has 0 aliphatic heterocycles.